The van der Waals surface area contributed by atoms with E-state index in [1.807, 2.05) is 54.8 Å². The van der Waals surface area contributed by atoms with Gasteiger partial charge in [-0.1, -0.05) is 18.2 Å². The SMILES string of the molecule is Cc1cccc(O[C@H](C)C(=O)Nc2nc(-c3ccc4c(c3)CC(=O)N4)cs2)c1. The first-order valence-electron chi connectivity index (χ1n) is 8.91. The number of ether oxygens (including phenoxy) is 1. The van der Waals surface area contributed by atoms with E-state index in [1.54, 1.807) is 6.92 Å². The zero-order valence-corrected chi connectivity index (χ0v) is 16.3. The van der Waals surface area contributed by atoms with Crippen molar-refractivity contribution in [3.8, 4) is 17.0 Å². The van der Waals surface area contributed by atoms with Crippen LogP contribution in [0, 0.1) is 6.92 Å². The van der Waals surface area contributed by atoms with E-state index >= 15 is 0 Å². The van der Waals surface area contributed by atoms with Crippen molar-refractivity contribution in [1.82, 2.24) is 4.98 Å². The van der Waals surface area contributed by atoms with E-state index in [0.29, 0.717) is 17.3 Å². The Bertz CT molecular complexity index is 1060. The van der Waals surface area contributed by atoms with Crippen molar-refractivity contribution >= 4 is 34.0 Å². The van der Waals surface area contributed by atoms with Crippen molar-refractivity contribution in [2.75, 3.05) is 10.6 Å². The summed E-state index contributed by atoms with van der Waals surface area (Å²) in [5, 5.41) is 8.01. The van der Waals surface area contributed by atoms with Gasteiger partial charge >= 0.3 is 0 Å². The molecule has 0 saturated carbocycles. The number of fused-ring (bicyclic) bond motifs is 1. The van der Waals surface area contributed by atoms with Gasteiger partial charge in [0, 0.05) is 16.6 Å². The summed E-state index contributed by atoms with van der Waals surface area (Å²) in [7, 11) is 0. The second-order valence-corrected chi connectivity index (χ2v) is 7.56. The molecule has 0 bridgehead atoms. The normalized spacial score (nSPS) is 13.6. The molecule has 0 unspecified atom stereocenters. The lowest BCUT2D eigenvalue weighted by molar-refractivity contribution is -0.122. The second-order valence-electron chi connectivity index (χ2n) is 6.70. The highest BCUT2D eigenvalue weighted by Crippen LogP contribution is 2.31. The van der Waals surface area contributed by atoms with Crippen molar-refractivity contribution in [2.45, 2.75) is 26.4 Å². The molecule has 2 heterocycles. The van der Waals surface area contributed by atoms with Gasteiger partial charge in [-0.2, -0.15) is 0 Å². The standard InChI is InChI=1S/C21H19N3O3S/c1-12-4-3-5-16(8-12)27-13(2)20(26)24-21-23-18(11-28-21)14-6-7-17-15(9-14)10-19(25)22-17/h3-9,11,13H,10H2,1-2H3,(H,22,25)(H,23,24,26)/t13-/m1/s1. The number of carbonyl (C=O) groups excluding carboxylic acids is 2. The molecule has 2 amide bonds. The topological polar surface area (TPSA) is 80.3 Å². The molecule has 3 aromatic rings. The third-order valence-corrected chi connectivity index (χ3v) is 5.19. The van der Waals surface area contributed by atoms with Gasteiger partial charge in [0.1, 0.15) is 5.75 Å². The Morgan fingerprint density at radius 2 is 2.14 bits per heavy atom. The molecule has 2 N–H and O–H groups in total. The number of hydrogen-bond acceptors (Lipinski definition) is 5. The molecular weight excluding hydrogens is 374 g/mol. The minimum atomic E-state index is -0.647. The summed E-state index contributed by atoms with van der Waals surface area (Å²) in [5.41, 5.74) is 4.55. The number of benzene rings is 2. The van der Waals surface area contributed by atoms with Gasteiger partial charge < -0.3 is 10.1 Å². The number of aryl methyl sites for hydroxylation is 1. The third-order valence-electron chi connectivity index (χ3n) is 4.43. The van der Waals surface area contributed by atoms with Crippen molar-refractivity contribution in [2.24, 2.45) is 0 Å². The summed E-state index contributed by atoms with van der Waals surface area (Å²) in [4.78, 5) is 28.4. The van der Waals surface area contributed by atoms with Gasteiger partial charge in [0.2, 0.25) is 5.91 Å². The van der Waals surface area contributed by atoms with E-state index in [0.717, 1.165) is 28.1 Å². The number of hydrogen-bond donors (Lipinski definition) is 2. The summed E-state index contributed by atoms with van der Waals surface area (Å²) in [6.07, 6.45) is -0.267. The van der Waals surface area contributed by atoms with E-state index in [9.17, 15) is 9.59 Å². The number of nitrogens with zero attached hydrogens (tertiary/aromatic N) is 1. The smallest absolute Gasteiger partial charge is 0.266 e. The molecule has 28 heavy (non-hydrogen) atoms. The van der Waals surface area contributed by atoms with Crippen LogP contribution in [0.2, 0.25) is 0 Å². The average Bonchev–Trinajstić information content (AvgIpc) is 3.26. The van der Waals surface area contributed by atoms with Crippen LogP contribution in [-0.2, 0) is 16.0 Å². The maximum atomic E-state index is 12.4. The molecule has 0 radical (unpaired) electrons. The molecule has 6 nitrogen and oxygen atoms in total. The molecule has 1 aliphatic heterocycles. The predicted molar refractivity (Wildman–Crippen MR) is 110 cm³/mol. The molecule has 0 saturated heterocycles. The highest BCUT2D eigenvalue weighted by Gasteiger charge is 2.19. The molecule has 1 aliphatic rings. The zero-order valence-electron chi connectivity index (χ0n) is 15.5. The fourth-order valence-corrected chi connectivity index (χ4v) is 3.73. The van der Waals surface area contributed by atoms with Gasteiger partial charge in [0.25, 0.3) is 5.91 Å². The Hall–Kier alpha value is -3.19. The van der Waals surface area contributed by atoms with Gasteiger partial charge in [-0.3, -0.25) is 14.9 Å². The largest absolute Gasteiger partial charge is 0.481 e. The Morgan fingerprint density at radius 3 is 2.96 bits per heavy atom. The van der Waals surface area contributed by atoms with Crippen LogP contribution < -0.4 is 15.4 Å². The number of thiazole rings is 1. The first-order chi connectivity index (χ1) is 13.5. The maximum Gasteiger partial charge on any atom is 0.266 e. The van der Waals surface area contributed by atoms with E-state index in [1.165, 1.54) is 11.3 Å². The van der Waals surface area contributed by atoms with E-state index in [4.69, 9.17) is 4.74 Å². The van der Waals surface area contributed by atoms with Crippen molar-refractivity contribution < 1.29 is 14.3 Å². The molecule has 1 atom stereocenters. The monoisotopic (exact) mass is 393 g/mol. The third kappa shape index (κ3) is 3.89. The Morgan fingerprint density at radius 1 is 1.29 bits per heavy atom. The van der Waals surface area contributed by atoms with Crippen LogP contribution >= 0.6 is 11.3 Å². The molecule has 0 aliphatic carbocycles. The predicted octanol–water partition coefficient (Wildman–Crippen LogP) is 4.02. The minimum absolute atomic E-state index is 0.000905. The van der Waals surface area contributed by atoms with E-state index in [2.05, 4.69) is 15.6 Å². The summed E-state index contributed by atoms with van der Waals surface area (Å²) in [6, 6.07) is 13.3. The van der Waals surface area contributed by atoms with E-state index < -0.39 is 6.10 Å². The molecule has 7 heteroatoms. The quantitative estimate of drug-likeness (QED) is 0.686. The van der Waals surface area contributed by atoms with E-state index in [-0.39, 0.29) is 11.8 Å². The molecule has 142 valence electrons. The van der Waals surface area contributed by atoms with Gasteiger partial charge in [0.15, 0.2) is 11.2 Å². The number of carbonyl (C=O) groups is 2. The summed E-state index contributed by atoms with van der Waals surface area (Å²) in [5.74, 6) is 0.399. The number of amides is 2. The van der Waals surface area contributed by atoms with Crippen LogP contribution in [0.15, 0.2) is 47.8 Å². The molecule has 0 fully saturated rings. The number of anilines is 2. The Balaban J connectivity index is 1.42. The van der Waals surface area contributed by atoms with Crippen LogP contribution in [0.4, 0.5) is 10.8 Å². The van der Waals surface area contributed by atoms with Crippen LogP contribution in [-0.4, -0.2) is 22.9 Å². The zero-order chi connectivity index (χ0) is 19.7. The lowest BCUT2D eigenvalue weighted by Gasteiger charge is -2.14. The van der Waals surface area contributed by atoms with Crippen molar-refractivity contribution in [3.63, 3.8) is 0 Å². The van der Waals surface area contributed by atoms with Gasteiger partial charge in [-0.15, -0.1) is 11.3 Å². The van der Waals surface area contributed by atoms with Crippen LogP contribution in [0.5, 0.6) is 5.75 Å². The van der Waals surface area contributed by atoms with Gasteiger partial charge in [0.05, 0.1) is 12.1 Å². The van der Waals surface area contributed by atoms with Crippen LogP contribution in [0.1, 0.15) is 18.1 Å². The lowest BCUT2D eigenvalue weighted by Crippen LogP contribution is -2.30. The molecule has 1 aromatic heterocycles. The minimum Gasteiger partial charge on any atom is -0.481 e. The first kappa shape index (κ1) is 18.2. The maximum absolute atomic E-state index is 12.4. The highest BCUT2D eigenvalue weighted by molar-refractivity contribution is 7.14. The lowest BCUT2D eigenvalue weighted by atomic mass is 10.1. The van der Waals surface area contributed by atoms with Gasteiger partial charge in [-0.25, -0.2) is 4.98 Å². The van der Waals surface area contributed by atoms with Crippen LogP contribution in [0.25, 0.3) is 11.3 Å². The summed E-state index contributed by atoms with van der Waals surface area (Å²) < 4.78 is 5.71. The summed E-state index contributed by atoms with van der Waals surface area (Å²) >= 11 is 1.35. The Labute approximate surface area is 166 Å². The Kier molecular flexibility index (Phi) is 4.83. The number of aromatic nitrogens is 1. The molecular formula is C21H19N3O3S. The van der Waals surface area contributed by atoms with Crippen molar-refractivity contribution in [3.05, 3.63) is 59.0 Å². The van der Waals surface area contributed by atoms with Gasteiger partial charge in [-0.05, 0) is 49.2 Å². The van der Waals surface area contributed by atoms with Crippen molar-refractivity contribution in [1.29, 1.82) is 0 Å². The second kappa shape index (κ2) is 7.44. The summed E-state index contributed by atoms with van der Waals surface area (Å²) in [6.45, 7) is 3.68. The van der Waals surface area contributed by atoms with Crippen LogP contribution in [0.3, 0.4) is 0 Å². The molecule has 0 spiro atoms. The average molecular weight is 393 g/mol. The molecule has 2 aromatic carbocycles. The molecule has 4 rings (SSSR count). The number of nitrogens with one attached hydrogen (secondary N) is 2. The fraction of sp³-hybridized carbons (Fsp3) is 0.190. The number of rotatable bonds is 5. The first-order valence-corrected chi connectivity index (χ1v) is 9.79. The fourth-order valence-electron chi connectivity index (χ4n) is 3.01. The highest BCUT2D eigenvalue weighted by atomic mass is 32.1.